The third-order valence-electron chi connectivity index (χ3n) is 4.30. The van der Waals surface area contributed by atoms with E-state index in [-0.39, 0.29) is 11.9 Å². The van der Waals surface area contributed by atoms with E-state index in [2.05, 4.69) is 15.5 Å². The Hall–Kier alpha value is -2.57. The van der Waals surface area contributed by atoms with Gasteiger partial charge in [0.2, 0.25) is 5.89 Å². The average Bonchev–Trinajstić information content (AvgIpc) is 3.07. The van der Waals surface area contributed by atoms with Crippen molar-refractivity contribution in [1.82, 2.24) is 20.4 Å². The first-order valence-electron chi connectivity index (χ1n) is 8.71. The summed E-state index contributed by atoms with van der Waals surface area (Å²) in [5.74, 6) is 2.17. The molecule has 1 atom stereocenters. The van der Waals surface area contributed by atoms with Gasteiger partial charge in [-0.15, -0.1) is 0 Å². The molecule has 0 unspecified atom stereocenters. The minimum atomic E-state index is -0.0766. The highest BCUT2D eigenvalue weighted by molar-refractivity contribution is 5.74. The van der Waals surface area contributed by atoms with Gasteiger partial charge in [0, 0.05) is 25.2 Å². The number of amides is 2. The molecule has 1 aliphatic rings. The zero-order valence-corrected chi connectivity index (χ0v) is 14.7. The summed E-state index contributed by atoms with van der Waals surface area (Å²) >= 11 is 0. The summed E-state index contributed by atoms with van der Waals surface area (Å²) in [6.45, 7) is 6.12. The zero-order chi connectivity index (χ0) is 17.6. The van der Waals surface area contributed by atoms with E-state index in [1.54, 1.807) is 6.92 Å². The second kappa shape index (κ2) is 8.00. The molecule has 1 aromatic heterocycles. The number of para-hydroxylation sites is 1. The molecule has 1 aromatic carbocycles. The minimum Gasteiger partial charge on any atom is -0.494 e. The number of carbonyl (C=O) groups is 1. The molecule has 2 amide bonds. The van der Waals surface area contributed by atoms with E-state index in [4.69, 9.17) is 9.26 Å². The number of aryl methyl sites for hydroxylation is 1. The highest BCUT2D eigenvalue weighted by Gasteiger charge is 2.28. The third-order valence-corrected chi connectivity index (χ3v) is 4.30. The van der Waals surface area contributed by atoms with Crippen LogP contribution in [0.2, 0.25) is 0 Å². The molecule has 2 heterocycles. The maximum Gasteiger partial charge on any atom is 0.317 e. The van der Waals surface area contributed by atoms with Crippen molar-refractivity contribution in [2.24, 2.45) is 0 Å². The van der Waals surface area contributed by atoms with Crippen molar-refractivity contribution in [1.29, 1.82) is 0 Å². The molecule has 1 fully saturated rings. The second-order valence-corrected chi connectivity index (χ2v) is 6.16. The van der Waals surface area contributed by atoms with Gasteiger partial charge in [0.15, 0.2) is 5.82 Å². The highest BCUT2D eigenvalue weighted by atomic mass is 16.5. The van der Waals surface area contributed by atoms with Crippen molar-refractivity contribution in [2.75, 3.05) is 19.7 Å². The lowest BCUT2D eigenvalue weighted by Crippen LogP contribution is -2.44. The number of nitrogens with one attached hydrogen (secondary N) is 1. The lowest BCUT2D eigenvalue weighted by atomic mass is 9.98. The normalized spacial score (nSPS) is 17.4. The molecular formula is C18H24N4O3. The topological polar surface area (TPSA) is 80.5 Å². The van der Waals surface area contributed by atoms with Crippen LogP contribution >= 0.6 is 0 Å². The van der Waals surface area contributed by atoms with Gasteiger partial charge in [-0.2, -0.15) is 4.98 Å². The maximum absolute atomic E-state index is 12.5. The van der Waals surface area contributed by atoms with Crippen LogP contribution in [0.4, 0.5) is 4.79 Å². The number of urea groups is 1. The number of benzene rings is 1. The Bertz CT molecular complexity index is 716. The summed E-state index contributed by atoms with van der Waals surface area (Å²) in [6.07, 6.45) is 1.88. The molecular weight excluding hydrogens is 320 g/mol. The standard InChI is InChI=1S/C18H24N4O3/c1-3-24-16-9-5-4-7-14(16)11-19-18(23)22-10-6-8-15(12-22)17-20-13(2)21-25-17/h4-5,7,9,15H,3,6,8,10-12H2,1-2H3,(H,19,23)/t15-/m0/s1. The Labute approximate surface area is 147 Å². The average molecular weight is 344 g/mol. The van der Waals surface area contributed by atoms with E-state index in [1.807, 2.05) is 36.1 Å². The maximum atomic E-state index is 12.5. The van der Waals surface area contributed by atoms with Gasteiger partial charge >= 0.3 is 6.03 Å². The molecule has 2 aromatic rings. The lowest BCUT2D eigenvalue weighted by Gasteiger charge is -2.31. The molecule has 7 nitrogen and oxygen atoms in total. The number of nitrogens with zero attached hydrogens (tertiary/aromatic N) is 3. The van der Waals surface area contributed by atoms with Crippen molar-refractivity contribution < 1.29 is 14.1 Å². The van der Waals surface area contributed by atoms with Crippen LogP contribution in [0.1, 0.15) is 43.0 Å². The Morgan fingerprint density at radius 1 is 1.44 bits per heavy atom. The zero-order valence-electron chi connectivity index (χ0n) is 14.7. The van der Waals surface area contributed by atoms with Gasteiger partial charge in [-0.3, -0.25) is 0 Å². The number of rotatable bonds is 5. The first-order chi connectivity index (χ1) is 12.2. The van der Waals surface area contributed by atoms with E-state index in [0.29, 0.717) is 31.4 Å². The number of ether oxygens (including phenoxy) is 1. The molecule has 0 saturated carbocycles. The fourth-order valence-electron chi connectivity index (χ4n) is 3.07. The monoisotopic (exact) mass is 344 g/mol. The largest absolute Gasteiger partial charge is 0.494 e. The smallest absolute Gasteiger partial charge is 0.317 e. The summed E-state index contributed by atoms with van der Waals surface area (Å²) < 4.78 is 10.9. The molecule has 25 heavy (non-hydrogen) atoms. The third kappa shape index (κ3) is 4.29. The van der Waals surface area contributed by atoms with Crippen LogP contribution in [-0.2, 0) is 6.54 Å². The first kappa shape index (κ1) is 17.3. The van der Waals surface area contributed by atoms with E-state index < -0.39 is 0 Å². The van der Waals surface area contributed by atoms with E-state index in [1.165, 1.54) is 0 Å². The van der Waals surface area contributed by atoms with Crippen LogP contribution in [-0.4, -0.2) is 40.8 Å². The second-order valence-electron chi connectivity index (χ2n) is 6.16. The van der Waals surface area contributed by atoms with Gasteiger partial charge in [-0.05, 0) is 32.8 Å². The Kier molecular flexibility index (Phi) is 5.53. The summed E-state index contributed by atoms with van der Waals surface area (Å²) in [7, 11) is 0. The Morgan fingerprint density at radius 3 is 3.04 bits per heavy atom. The molecule has 0 spiro atoms. The predicted octanol–water partition coefficient (Wildman–Crippen LogP) is 2.87. The van der Waals surface area contributed by atoms with Crippen LogP contribution in [0.25, 0.3) is 0 Å². The number of piperidine rings is 1. The summed E-state index contributed by atoms with van der Waals surface area (Å²) in [4.78, 5) is 18.6. The van der Waals surface area contributed by atoms with Crippen molar-refractivity contribution in [2.45, 2.75) is 39.2 Å². The van der Waals surface area contributed by atoms with Crippen LogP contribution in [0.3, 0.4) is 0 Å². The molecule has 0 aliphatic carbocycles. The van der Waals surface area contributed by atoms with Crippen LogP contribution in [0.15, 0.2) is 28.8 Å². The first-order valence-corrected chi connectivity index (χ1v) is 8.71. The number of hydrogen-bond acceptors (Lipinski definition) is 5. The molecule has 0 bridgehead atoms. The molecule has 1 N–H and O–H groups in total. The molecule has 7 heteroatoms. The van der Waals surface area contributed by atoms with E-state index in [9.17, 15) is 4.79 Å². The molecule has 1 saturated heterocycles. The van der Waals surface area contributed by atoms with Crippen LogP contribution in [0.5, 0.6) is 5.75 Å². The fraction of sp³-hybridized carbons (Fsp3) is 0.500. The molecule has 3 rings (SSSR count). The fourth-order valence-corrected chi connectivity index (χ4v) is 3.07. The van der Waals surface area contributed by atoms with Gasteiger partial charge in [-0.25, -0.2) is 4.79 Å². The number of carbonyl (C=O) groups excluding carboxylic acids is 1. The van der Waals surface area contributed by atoms with Crippen LogP contribution in [0, 0.1) is 6.92 Å². The SMILES string of the molecule is CCOc1ccccc1CNC(=O)N1CCC[C@H](c2nc(C)no2)C1. The number of hydrogen-bond donors (Lipinski definition) is 1. The van der Waals surface area contributed by atoms with Gasteiger partial charge in [0.1, 0.15) is 5.75 Å². The van der Waals surface area contributed by atoms with E-state index in [0.717, 1.165) is 30.7 Å². The highest BCUT2D eigenvalue weighted by Crippen LogP contribution is 2.25. The predicted molar refractivity (Wildman–Crippen MR) is 92.4 cm³/mol. The van der Waals surface area contributed by atoms with E-state index >= 15 is 0 Å². The van der Waals surface area contributed by atoms with Crippen molar-refractivity contribution in [3.8, 4) is 5.75 Å². The van der Waals surface area contributed by atoms with Crippen molar-refractivity contribution in [3.05, 3.63) is 41.5 Å². The van der Waals surface area contributed by atoms with Crippen molar-refractivity contribution in [3.63, 3.8) is 0 Å². The molecule has 134 valence electrons. The number of likely N-dealkylation sites (tertiary alicyclic amines) is 1. The minimum absolute atomic E-state index is 0.0766. The summed E-state index contributed by atoms with van der Waals surface area (Å²) in [6, 6.07) is 7.68. The van der Waals surface area contributed by atoms with Crippen LogP contribution < -0.4 is 10.1 Å². The molecule has 1 aliphatic heterocycles. The summed E-state index contributed by atoms with van der Waals surface area (Å²) in [5.41, 5.74) is 0.971. The Morgan fingerprint density at radius 2 is 2.28 bits per heavy atom. The van der Waals surface area contributed by atoms with Gasteiger partial charge in [0.05, 0.1) is 12.5 Å². The van der Waals surface area contributed by atoms with Gasteiger partial charge < -0.3 is 19.5 Å². The summed E-state index contributed by atoms with van der Waals surface area (Å²) in [5, 5.41) is 6.83. The lowest BCUT2D eigenvalue weighted by molar-refractivity contribution is 0.171. The van der Waals surface area contributed by atoms with Gasteiger partial charge in [-0.1, -0.05) is 23.4 Å². The number of aromatic nitrogens is 2. The van der Waals surface area contributed by atoms with Gasteiger partial charge in [0.25, 0.3) is 0 Å². The molecule has 0 radical (unpaired) electrons. The quantitative estimate of drug-likeness (QED) is 0.902. The van der Waals surface area contributed by atoms with Crippen molar-refractivity contribution >= 4 is 6.03 Å². The Balaban J connectivity index is 1.58.